The van der Waals surface area contributed by atoms with Crippen LogP contribution < -0.4 is 10.9 Å². The van der Waals surface area contributed by atoms with Gasteiger partial charge in [-0.05, 0) is 101 Å². The van der Waals surface area contributed by atoms with Gasteiger partial charge in [0.05, 0.1) is 53.0 Å². The third-order valence-electron chi connectivity index (χ3n) is 15.5. The number of fused-ring (bicyclic) bond motifs is 4. The normalized spacial score (nSPS) is 25.7. The number of nitrogens with one attached hydrogen (secondary N) is 2. The molecule has 2 saturated carbocycles. The van der Waals surface area contributed by atoms with Crippen molar-refractivity contribution in [1.29, 1.82) is 0 Å². The van der Waals surface area contributed by atoms with Gasteiger partial charge in [0.1, 0.15) is 11.9 Å². The number of amides is 4. The number of nitrogens with zero attached hydrogens (tertiary/aromatic N) is 5. The van der Waals surface area contributed by atoms with Gasteiger partial charge in [0.2, 0.25) is 17.7 Å². The van der Waals surface area contributed by atoms with Crippen molar-refractivity contribution in [1.82, 2.24) is 35.1 Å². The fraction of sp³-hybridized carbons (Fsp3) is 0.633. The summed E-state index contributed by atoms with van der Waals surface area (Å²) in [5.41, 5.74) is 0.389. The second-order valence-electron chi connectivity index (χ2n) is 19.7. The highest BCUT2D eigenvalue weighted by Crippen LogP contribution is 2.49. The van der Waals surface area contributed by atoms with Crippen molar-refractivity contribution in [3.05, 3.63) is 75.5 Å². The molecule has 6 heterocycles. The molecule has 2 bridgehead atoms. The predicted octanol–water partition coefficient (Wildman–Crippen LogP) is 4.82. The highest BCUT2D eigenvalue weighted by Gasteiger charge is 2.52. The molecule has 5 aliphatic heterocycles. The molecule has 2 aliphatic carbocycles. The number of piperazine rings is 1. The maximum Gasteiger partial charge on any atom is 0.272 e. The van der Waals surface area contributed by atoms with Crippen LogP contribution in [-0.4, -0.2) is 143 Å². The molecule has 0 unspecified atom stereocenters. The highest BCUT2D eigenvalue weighted by molar-refractivity contribution is 5.95. The second kappa shape index (κ2) is 19.0. The SMILES string of the molecule is CC12CCC(C(=O)N[C@@H](C(=O)N3CCC(OC4CCN(CC(=O)N5CCN(C(=O)c6cc(Cc7n[nH]c(=O)c8ccccc78)ccc6F)CC5)CC4)CC3)C3CCCCC3)(CC1)CO2. The van der Waals surface area contributed by atoms with Crippen LogP contribution >= 0.6 is 0 Å². The molecule has 0 radical (unpaired) electrons. The minimum atomic E-state index is -0.605. The second-order valence-corrected chi connectivity index (χ2v) is 19.7. The first-order valence-electron chi connectivity index (χ1n) is 23.9. The van der Waals surface area contributed by atoms with E-state index in [1.54, 1.807) is 34.1 Å². The Morgan fingerprint density at radius 2 is 1.48 bits per heavy atom. The first kappa shape index (κ1) is 44.5. The largest absolute Gasteiger partial charge is 0.375 e. The molecule has 1 atom stereocenters. The number of carbonyl (C=O) groups is 4. The Hall–Kier alpha value is -4.73. The topological polar surface area (TPSA) is 157 Å². The number of likely N-dealkylation sites (tertiary alicyclic amines) is 2. The van der Waals surface area contributed by atoms with E-state index in [1.807, 2.05) is 17.0 Å². The molecule has 2 aromatic carbocycles. The summed E-state index contributed by atoms with van der Waals surface area (Å²) in [4.78, 5) is 74.8. The molecule has 344 valence electrons. The van der Waals surface area contributed by atoms with Gasteiger partial charge in [-0.15, -0.1) is 0 Å². The predicted molar refractivity (Wildman–Crippen MR) is 238 cm³/mol. The number of hydrogen-bond donors (Lipinski definition) is 2. The first-order valence-corrected chi connectivity index (χ1v) is 23.9. The van der Waals surface area contributed by atoms with Gasteiger partial charge in [0.25, 0.3) is 11.5 Å². The molecule has 2 N–H and O–H groups in total. The van der Waals surface area contributed by atoms with Gasteiger partial charge >= 0.3 is 0 Å². The number of hydrogen-bond acceptors (Lipinski definition) is 9. The van der Waals surface area contributed by atoms with Crippen molar-refractivity contribution in [3.63, 3.8) is 0 Å². The number of aromatic amines is 1. The number of ether oxygens (including phenoxy) is 2. The summed E-state index contributed by atoms with van der Waals surface area (Å²) < 4.78 is 27.8. The van der Waals surface area contributed by atoms with Crippen LogP contribution in [0, 0.1) is 17.2 Å². The number of carbonyl (C=O) groups excluding carboxylic acids is 4. The molecule has 0 spiro atoms. The molecule has 64 heavy (non-hydrogen) atoms. The molecule has 15 heteroatoms. The molecule has 7 fully saturated rings. The van der Waals surface area contributed by atoms with E-state index in [9.17, 15) is 24.0 Å². The summed E-state index contributed by atoms with van der Waals surface area (Å²) in [5, 5.41) is 11.3. The zero-order valence-corrected chi connectivity index (χ0v) is 37.3. The summed E-state index contributed by atoms with van der Waals surface area (Å²) in [7, 11) is 0. The Morgan fingerprint density at radius 3 is 2.16 bits per heavy atom. The zero-order valence-electron chi connectivity index (χ0n) is 37.3. The molecule has 14 nitrogen and oxygen atoms in total. The Morgan fingerprint density at radius 1 is 0.828 bits per heavy atom. The number of benzene rings is 2. The smallest absolute Gasteiger partial charge is 0.272 e. The van der Waals surface area contributed by atoms with Crippen LogP contribution in [0.3, 0.4) is 0 Å². The quantitative estimate of drug-likeness (QED) is 0.276. The lowest BCUT2D eigenvalue weighted by Crippen LogP contribution is -2.61. The highest BCUT2D eigenvalue weighted by atomic mass is 19.1. The molecule has 7 aliphatic rings. The van der Waals surface area contributed by atoms with Crippen LogP contribution in [0.1, 0.15) is 112 Å². The van der Waals surface area contributed by atoms with Crippen molar-refractivity contribution in [2.24, 2.45) is 11.3 Å². The van der Waals surface area contributed by atoms with E-state index in [0.717, 1.165) is 90.1 Å². The zero-order chi connectivity index (χ0) is 44.4. The minimum absolute atomic E-state index is 0.00378. The number of H-pyrrole nitrogens is 1. The average Bonchev–Trinajstić information content (AvgIpc) is 3.33. The van der Waals surface area contributed by atoms with E-state index >= 15 is 4.39 Å². The van der Waals surface area contributed by atoms with Crippen molar-refractivity contribution >= 4 is 34.4 Å². The van der Waals surface area contributed by atoms with Crippen molar-refractivity contribution < 1.29 is 33.0 Å². The van der Waals surface area contributed by atoms with E-state index in [4.69, 9.17) is 9.47 Å². The molecule has 1 aromatic heterocycles. The van der Waals surface area contributed by atoms with Gasteiger partial charge in [0, 0.05) is 64.2 Å². The summed E-state index contributed by atoms with van der Waals surface area (Å²) in [6, 6.07) is 11.2. The Kier molecular flexibility index (Phi) is 13.2. The lowest BCUT2D eigenvalue weighted by atomic mass is 9.66. The third-order valence-corrected chi connectivity index (χ3v) is 15.5. The maximum atomic E-state index is 15.1. The number of piperidine rings is 2. The summed E-state index contributed by atoms with van der Waals surface area (Å²) >= 11 is 0. The van der Waals surface area contributed by atoms with E-state index < -0.39 is 23.2 Å². The van der Waals surface area contributed by atoms with Crippen molar-refractivity contribution in [2.75, 3.05) is 65.5 Å². The molecule has 10 rings (SSSR count). The van der Waals surface area contributed by atoms with Crippen molar-refractivity contribution in [3.8, 4) is 0 Å². The van der Waals surface area contributed by atoms with Crippen LogP contribution in [0.4, 0.5) is 4.39 Å². The van der Waals surface area contributed by atoms with Crippen LogP contribution in [-0.2, 0) is 30.3 Å². The van der Waals surface area contributed by atoms with E-state index in [1.165, 1.54) is 12.5 Å². The fourth-order valence-corrected chi connectivity index (χ4v) is 11.1. The summed E-state index contributed by atoms with van der Waals surface area (Å²) in [6.07, 6.45) is 12.4. The Balaban J connectivity index is 0.703. The summed E-state index contributed by atoms with van der Waals surface area (Å²) in [6.45, 7) is 7.02. The standard InChI is InChI=1S/C49H64FN7O7/c1-48-17-19-49(20-18-48,32-63-48)47(62)51-43(34-7-3-2-4-8-34)46(61)56-23-15-36(16-24-56)64-35-13-21-54(22-14-35)31-42(58)55-25-27-57(28-26-55)45(60)39-29-33(11-12-40(39)50)30-41-37-9-5-6-10-38(37)44(59)53-52-41/h5-6,9-12,29,34-36,43H,2-4,7-8,13-28,30-32H2,1H3,(H,51,62)(H,53,59)/t43-,48?,49?/m1/s1. The van der Waals surface area contributed by atoms with Gasteiger partial charge in [-0.2, -0.15) is 5.10 Å². The van der Waals surface area contributed by atoms with Crippen molar-refractivity contribution in [2.45, 2.75) is 121 Å². The molecule has 5 saturated heterocycles. The maximum absolute atomic E-state index is 15.1. The minimum Gasteiger partial charge on any atom is -0.375 e. The van der Waals surface area contributed by atoms with Crippen LogP contribution in [0.25, 0.3) is 10.8 Å². The lowest BCUT2D eigenvalue weighted by molar-refractivity contribution is -0.185. The van der Waals surface area contributed by atoms with Crippen LogP contribution in [0.5, 0.6) is 0 Å². The third kappa shape index (κ3) is 9.62. The number of aromatic nitrogens is 2. The van der Waals surface area contributed by atoms with E-state index in [0.29, 0.717) is 80.9 Å². The molecule has 3 aromatic rings. The first-order chi connectivity index (χ1) is 31.0. The Labute approximate surface area is 374 Å². The van der Waals surface area contributed by atoms with Gasteiger partial charge in [-0.1, -0.05) is 43.5 Å². The van der Waals surface area contributed by atoms with Crippen LogP contribution in [0.15, 0.2) is 47.3 Å². The van der Waals surface area contributed by atoms with E-state index in [-0.39, 0.29) is 52.6 Å². The molecular formula is C49H64FN7O7. The van der Waals surface area contributed by atoms with Crippen LogP contribution in [0.2, 0.25) is 0 Å². The monoisotopic (exact) mass is 881 g/mol. The number of rotatable bonds is 11. The van der Waals surface area contributed by atoms with Gasteiger partial charge in [-0.25, -0.2) is 9.49 Å². The van der Waals surface area contributed by atoms with Gasteiger partial charge in [-0.3, -0.25) is 28.9 Å². The average molecular weight is 882 g/mol. The van der Waals surface area contributed by atoms with Gasteiger partial charge < -0.3 is 29.5 Å². The molecular weight excluding hydrogens is 818 g/mol. The summed E-state index contributed by atoms with van der Waals surface area (Å²) in [5.74, 6) is -0.764. The van der Waals surface area contributed by atoms with Gasteiger partial charge in [0.15, 0.2) is 0 Å². The Bertz CT molecular complexity index is 2230. The van der Waals surface area contributed by atoms with E-state index in [2.05, 4.69) is 27.3 Å². The fourth-order valence-electron chi connectivity index (χ4n) is 11.1. The molecule has 4 amide bonds. The number of halogens is 1. The lowest BCUT2D eigenvalue weighted by Gasteiger charge is -2.51.